The van der Waals surface area contributed by atoms with E-state index in [0.717, 1.165) is 0 Å². The standard InChI is InChI=1S/C7H9NO5/c1-4(9)12-6-3-5(8-13-6)7(10)11-2/h6H,3H2,1-2H3. The lowest BCUT2D eigenvalue weighted by Crippen LogP contribution is -2.20. The number of nitrogens with zero attached hydrogens (tertiary/aromatic N) is 1. The van der Waals surface area contributed by atoms with Gasteiger partial charge >= 0.3 is 11.9 Å². The summed E-state index contributed by atoms with van der Waals surface area (Å²) in [6.45, 7) is 1.25. The highest BCUT2D eigenvalue weighted by atomic mass is 16.8. The minimum absolute atomic E-state index is 0.119. The molecule has 1 aliphatic heterocycles. The number of ether oxygens (including phenoxy) is 2. The largest absolute Gasteiger partial charge is 0.464 e. The van der Waals surface area contributed by atoms with Gasteiger partial charge in [-0.15, -0.1) is 0 Å². The molecule has 0 aromatic rings. The molecule has 6 nitrogen and oxygen atoms in total. The van der Waals surface area contributed by atoms with E-state index in [9.17, 15) is 9.59 Å². The van der Waals surface area contributed by atoms with E-state index in [-0.39, 0.29) is 12.1 Å². The zero-order chi connectivity index (χ0) is 9.84. The third-order valence-electron chi connectivity index (χ3n) is 1.36. The summed E-state index contributed by atoms with van der Waals surface area (Å²) in [4.78, 5) is 26.0. The van der Waals surface area contributed by atoms with Gasteiger partial charge in [-0.1, -0.05) is 5.16 Å². The van der Waals surface area contributed by atoms with Gasteiger partial charge in [-0.2, -0.15) is 0 Å². The van der Waals surface area contributed by atoms with Gasteiger partial charge in [0.2, 0.25) is 0 Å². The molecule has 1 unspecified atom stereocenters. The van der Waals surface area contributed by atoms with E-state index in [1.54, 1.807) is 0 Å². The van der Waals surface area contributed by atoms with Gasteiger partial charge in [0.05, 0.1) is 13.5 Å². The minimum atomic E-state index is -0.799. The normalized spacial score (nSPS) is 20.2. The highest BCUT2D eigenvalue weighted by Gasteiger charge is 2.28. The number of oxime groups is 1. The molecule has 0 spiro atoms. The van der Waals surface area contributed by atoms with Crippen LogP contribution in [0, 0.1) is 0 Å². The van der Waals surface area contributed by atoms with Gasteiger partial charge in [0, 0.05) is 6.92 Å². The summed E-state index contributed by atoms with van der Waals surface area (Å²) in [7, 11) is 1.24. The highest BCUT2D eigenvalue weighted by Crippen LogP contribution is 2.12. The number of rotatable bonds is 2. The number of carbonyl (C=O) groups excluding carboxylic acids is 2. The van der Waals surface area contributed by atoms with Crippen LogP contribution in [0.15, 0.2) is 5.16 Å². The van der Waals surface area contributed by atoms with Gasteiger partial charge in [-0.25, -0.2) is 4.79 Å². The van der Waals surface area contributed by atoms with E-state index in [0.29, 0.717) is 0 Å². The van der Waals surface area contributed by atoms with E-state index in [1.807, 2.05) is 0 Å². The molecule has 0 saturated heterocycles. The molecule has 0 saturated carbocycles. The monoisotopic (exact) mass is 187 g/mol. The summed E-state index contributed by atoms with van der Waals surface area (Å²) in [5, 5.41) is 3.41. The van der Waals surface area contributed by atoms with E-state index in [4.69, 9.17) is 0 Å². The summed E-state index contributed by atoms with van der Waals surface area (Å²) in [6.07, 6.45) is -0.668. The predicted octanol–water partition coefficient (Wildman–Crippen LogP) is -0.175. The third kappa shape index (κ3) is 2.43. The Kier molecular flexibility index (Phi) is 2.84. The minimum Gasteiger partial charge on any atom is -0.464 e. The molecule has 0 bridgehead atoms. The van der Waals surface area contributed by atoms with Crippen molar-refractivity contribution in [3.63, 3.8) is 0 Å². The quantitative estimate of drug-likeness (QED) is 0.561. The molecule has 1 heterocycles. The van der Waals surface area contributed by atoms with Crippen molar-refractivity contribution in [3.05, 3.63) is 0 Å². The van der Waals surface area contributed by atoms with Crippen LogP contribution in [0.25, 0.3) is 0 Å². The van der Waals surface area contributed by atoms with Gasteiger partial charge in [0.25, 0.3) is 6.29 Å². The van der Waals surface area contributed by atoms with Crippen LogP contribution < -0.4 is 0 Å². The SMILES string of the molecule is COC(=O)C1=NOC(OC(C)=O)C1. The second-order valence-corrected chi connectivity index (χ2v) is 2.38. The van der Waals surface area contributed by atoms with Gasteiger partial charge in [-0.3, -0.25) is 4.79 Å². The average molecular weight is 187 g/mol. The van der Waals surface area contributed by atoms with Crippen LogP contribution in [-0.4, -0.2) is 31.1 Å². The zero-order valence-corrected chi connectivity index (χ0v) is 7.27. The van der Waals surface area contributed by atoms with Gasteiger partial charge in [-0.05, 0) is 0 Å². The Morgan fingerprint density at radius 3 is 2.85 bits per heavy atom. The summed E-state index contributed by atoms with van der Waals surface area (Å²) in [5.41, 5.74) is 0.119. The molecule has 0 fully saturated rings. The maximum Gasteiger partial charge on any atom is 0.356 e. The summed E-state index contributed by atoms with van der Waals surface area (Å²) in [6, 6.07) is 0. The Morgan fingerprint density at radius 2 is 2.31 bits per heavy atom. The van der Waals surface area contributed by atoms with Crippen LogP contribution in [0.5, 0.6) is 0 Å². The maximum atomic E-state index is 10.9. The number of esters is 2. The Hall–Kier alpha value is -1.59. The van der Waals surface area contributed by atoms with Crippen molar-refractivity contribution in [1.29, 1.82) is 0 Å². The van der Waals surface area contributed by atoms with Crippen LogP contribution in [0.2, 0.25) is 0 Å². The van der Waals surface area contributed by atoms with Crippen LogP contribution in [0.3, 0.4) is 0 Å². The zero-order valence-electron chi connectivity index (χ0n) is 7.27. The van der Waals surface area contributed by atoms with Crippen LogP contribution in [0.1, 0.15) is 13.3 Å². The molecule has 0 radical (unpaired) electrons. The van der Waals surface area contributed by atoms with Gasteiger partial charge in [0.15, 0.2) is 5.71 Å². The number of hydrogen-bond donors (Lipinski definition) is 0. The van der Waals surface area contributed by atoms with Crippen molar-refractivity contribution in [2.24, 2.45) is 5.16 Å². The molecule has 0 N–H and O–H groups in total. The first-order valence-corrected chi connectivity index (χ1v) is 3.61. The average Bonchev–Trinajstić information content (AvgIpc) is 2.50. The van der Waals surface area contributed by atoms with Crippen molar-refractivity contribution in [1.82, 2.24) is 0 Å². The first kappa shape index (κ1) is 9.50. The smallest absolute Gasteiger partial charge is 0.356 e. The number of methoxy groups -OCH3 is 1. The van der Waals surface area contributed by atoms with E-state index in [1.165, 1.54) is 14.0 Å². The molecular formula is C7H9NO5. The molecule has 1 rings (SSSR count). The van der Waals surface area contributed by atoms with Gasteiger partial charge in [0.1, 0.15) is 0 Å². The summed E-state index contributed by atoms with van der Waals surface area (Å²) < 4.78 is 9.05. The second-order valence-electron chi connectivity index (χ2n) is 2.38. The molecule has 6 heteroatoms. The van der Waals surface area contributed by atoms with Crippen molar-refractivity contribution in [3.8, 4) is 0 Å². The van der Waals surface area contributed by atoms with Crippen molar-refractivity contribution < 1.29 is 23.9 Å². The maximum absolute atomic E-state index is 10.9. The first-order chi connectivity index (χ1) is 6.13. The molecule has 0 aromatic carbocycles. The Bertz CT molecular complexity index is 260. The van der Waals surface area contributed by atoms with Crippen molar-refractivity contribution in [2.75, 3.05) is 7.11 Å². The molecule has 0 aliphatic carbocycles. The lowest BCUT2D eigenvalue weighted by Gasteiger charge is -2.06. The molecule has 13 heavy (non-hydrogen) atoms. The summed E-state index contributed by atoms with van der Waals surface area (Å²) >= 11 is 0. The van der Waals surface area contributed by atoms with E-state index < -0.39 is 18.2 Å². The lowest BCUT2D eigenvalue weighted by atomic mass is 10.3. The fourth-order valence-corrected chi connectivity index (χ4v) is 0.842. The van der Waals surface area contributed by atoms with Crippen molar-refractivity contribution >= 4 is 17.7 Å². The molecular weight excluding hydrogens is 178 g/mol. The number of hydrogen-bond acceptors (Lipinski definition) is 6. The van der Waals surface area contributed by atoms with Crippen LogP contribution in [0.4, 0.5) is 0 Å². The van der Waals surface area contributed by atoms with Crippen molar-refractivity contribution in [2.45, 2.75) is 19.6 Å². The second kappa shape index (κ2) is 3.88. The molecule has 1 atom stereocenters. The molecule has 1 aliphatic rings. The van der Waals surface area contributed by atoms with E-state index >= 15 is 0 Å². The molecule has 0 aromatic heterocycles. The summed E-state index contributed by atoms with van der Waals surface area (Å²) in [5.74, 6) is -1.05. The van der Waals surface area contributed by atoms with Crippen LogP contribution >= 0.6 is 0 Å². The lowest BCUT2D eigenvalue weighted by molar-refractivity contribution is -0.170. The molecule has 0 amide bonds. The number of carbonyl (C=O) groups is 2. The third-order valence-corrected chi connectivity index (χ3v) is 1.36. The highest BCUT2D eigenvalue weighted by molar-refractivity contribution is 6.36. The Labute approximate surface area is 74.4 Å². The fraction of sp³-hybridized carbons (Fsp3) is 0.571. The van der Waals surface area contributed by atoms with Gasteiger partial charge < -0.3 is 14.3 Å². The topological polar surface area (TPSA) is 74.2 Å². The Morgan fingerprint density at radius 1 is 1.62 bits per heavy atom. The van der Waals surface area contributed by atoms with E-state index in [2.05, 4.69) is 19.5 Å². The van der Waals surface area contributed by atoms with Crippen LogP contribution in [-0.2, 0) is 23.9 Å². The molecule has 72 valence electrons. The first-order valence-electron chi connectivity index (χ1n) is 3.61. The fourth-order valence-electron chi connectivity index (χ4n) is 0.842. The predicted molar refractivity (Wildman–Crippen MR) is 40.7 cm³/mol. The Balaban J connectivity index is 2.42.